The maximum atomic E-state index is 5.94. The number of alkyl halides is 1. The van der Waals surface area contributed by atoms with Crippen molar-refractivity contribution in [3.05, 3.63) is 0 Å². The predicted octanol–water partition coefficient (Wildman–Crippen LogP) is 3.21. The highest BCUT2D eigenvalue weighted by molar-refractivity contribution is 6.17. The molecule has 1 saturated heterocycles. The molecular formula is C10H19ClO. The molecule has 1 fully saturated rings. The quantitative estimate of drug-likeness (QED) is 0.608. The topological polar surface area (TPSA) is 9.23 Å². The van der Waals surface area contributed by atoms with E-state index < -0.39 is 0 Å². The molecule has 0 spiro atoms. The number of hydrogen-bond donors (Lipinski definition) is 0. The van der Waals surface area contributed by atoms with Crippen molar-refractivity contribution in [3.63, 3.8) is 0 Å². The summed E-state index contributed by atoms with van der Waals surface area (Å²) >= 11 is 5.75. The molecule has 0 aromatic carbocycles. The van der Waals surface area contributed by atoms with Crippen LogP contribution in [0.15, 0.2) is 0 Å². The van der Waals surface area contributed by atoms with E-state index in [2.05, 4.69) is 27.7 Å². The first-order chi connectivity index (χ1) is 5.37. The summed E-state index contributed by atoms with van der Waals surface area (Å²) in [6.45, 7) is 8.64. The fourth-order valence-corrected chi connectivity index (χ4v) is 2.52. The van der Waals surface area contributed by atoms with Gasteiger partial charge in [-0.15, -0.1) is 11.6 Å². The molecule has 72 valence electrons. The molecule has 0 N–H and O–H groups in total. The Morgan fingerprint density at radius 2 is 1.92 bits per heavy atom. The van der Waals surface area contributed by atoms with Crippen LogP contribution in [-0.4, -0.2) is 17.1 Å². The molecule has 0 aromatic heterocycles. The fourth-order valence-electron chi connectivity index (χ4n) is 2.26. The van der Waals surface area contributed by atoms with E-state index in [0.29, 0.717) is 5.92 Å². The molecule has 0 aromatic rings. The molecule has 1 aliphatic rings. The van der Waals surface area contributed by atoms with Crippen molar-refractivity contribution in [2.75, 3.05) is 5.88 Å². The number of ether oxygens (including phenoxy) is 1. The summed E-state index contributed by atoms with van der Waals surface area (Å²) in [5, 5.41) is 0. The SMILES string of the molecule is CC1(C)CC(CCCl)C(C)(C)O1. The van der Waals surface area contributed by atoms with Crippen molar-refractivity contribution in [2.24, 2.45) is 5.92 Å². The largest absolute Gasteiger partial charge is 0.369 e. The molecule has 0 radical (unpaired) electrons. The van der Waals surface area contributed by atoms with E-state index in [-0.39, 0.29) is 11.2 Å². The highest BCUT2D eigenvalue weighted by Gasteiger charge is 2.44. The lowest BCUT2D eigenvalue weighted by molar-refractivity contribution is -0.0747. The highest BCUT2D eigenvalue weighted by atomic mass is 35.5. The van der Waals surface area contributed by atoms with E-state index in [1.165, 1.54) is 0 Å². The third kappa shape index (κ3) is 2.14. The summed E-state index contributed by atoms with van der Waals surface area (Å²) in [7, 11) is 0. The standard InChI is InChI=1S/C10H19ClO/c1-9(2)7-8(5-6-11)10(3,4)12-9/h8H,5-7H2,1-4H3. The van der Waals surface area contributed by atoms with Crippen LogP contribution in [0.1, 0.15) is 40.5 Å². The first kappa shape index (κ1) is 10.3. The van der Waals surface area contributed by atoms with E-state index in [1.807, 2.05) is 0 Å². The van der Waals surface area contributed by atoms with Crippen LogP contribution in [0.4, 0.5) is 0 Å². The van der Waals surface area contributed by atoms with Gasteiger partial charge in [-0.3, -0.25) is 0 Å². The van der Waals surface area contributed by atoms with Crippen molar-refractivity contribution < 1.29 is 4.74 Å². The van der Waals surface area contributed by atoms with Crippen LogP contribution in [0.2, 0.25) is 0 Å². The molecule has 0 aliphatic carbocycles. The Labute approximate surface area is 80.4 Å². The molecule has 0 amide bonds. The minimum Gasteiger partial charge on any atom is -0.369 e. The lowest BCUT2D eigenvalue weighted by atomic mass is 9.85. The van der Waals surface area contributed by atoms with Gasteiger partial charge < -0.3 is 4.74 Å². The third-order valence-corrected chi connectivity index (χ3v) is 2.94. The summed E-state index contributed by atoms with van der Waals surface area (Å²) in [6, 6.07) is 0. The molecule has 1 aliphatic heterocycles. The van der Waals surface area contributed by atoms with Crippen LogP contribution >= 0.6 is 11.6 Å². The maximum Gasteiger partial charge on any atom is 0.0663 e. The van der Waals surface area contributed by atoms with Gasteiger partial charge in [-0.1, -0.05) is 0 Å². The molecule has 0 bridgehead atoms. The van der Waals surface area contributed by atoms with Crippen LogP contribution in [0.5, 0.6) is 0 Å². The molecule has 2 heteroatoms. The molecule has 1 atom stereocenters. The fraction of sp³-hybridized carbons (Fsp3) is 1.00. The smallest absolute Gasteiger partial charge is 0.0663 e. The van der Waals surface area contributed by atoms with Gasteiger partial charge in [0.1, 0.15) is 0 Å². The van der Waals surface area contributed by atoms with Gasteiger partial charge in [0.2, 0.25) is 0 Å². The van der Waals surface area contributed by atoms with Crippen LogP contribution in [0.25, 0.3) is 0 Å². The van der Waals surface area contributed by atoms with E-state index in [0.717, 1.165) is 18.7 Å². The molecule has 1 unspecified atom stereocenters. The average Bonchev–Trinajstić information content (AvgIpc) is 2.01. The lowest BCUT2D eigenvalue weighted by Gasteiger charge is -2.26. The Balaban J connectivity index is 2.64. The zero-order chi connectivity index (χ0) is 9.41. The summed E-state index contributed by atoms with van der Waals surface area (Å²) < 4.78 is 5.94. The molecule has 1 rings (SSSR count). The molecule has 0 saturated carbocycles. The zero-order valence-electron chi connectivity index (χ0n) is 8.48. The van der Waals surface area contributed by atoms with Crippen LogP contribution < -0.4 is 0 Å². The lowest BCUT2D eigenvalue weighted by Crippen LogP contribution is -2.29. The first-order valence-corrected chi connectivity index (χ1v) is 5.17. The van der Waals surface area contributed by atoms with Gasteiger partial charge in [-0.25, -0.2) is 0 Å². The summed E-state index contributed by atoms with van der Waals surface area (Å²) in [4.78, 5) is 0. The average molecular weight is 191 g/mol. The Morgan fingerprint density at radius 3 is 2.25 bits per heavy atom. The maximum absolute atomic E-state index is 5.94. The summed E-state index contributed by atoms with van der Waals surface area (Å²) in [6.07, 6.45) is 2.20. The van der Waals surface area contributed by atoms with Crippen LogP contribution in [0, 0.1) is 5.92 Å². The summed E-state index contributed by atoms with van der Waals surface area (Å²) in [5.41, 5.74) is 0.0542. The third-order valence-electron chi connectivity index (χ3n) is 2.72. The van der Waals surface area contributed by atoms with Gasteiger partial charge in [0.15, 0.2) is 0 Å². The minimum atomic E-state index is 0.0123. The second-order valence-corrected chi connectivity index (χ2v) is 5.22. The first-order valence-electron chi connectivity index (χ1n) is 4.63. The van der Waals surface area contributed by atoms with E-state index in [1.54, 1.807) is 0 Å². The van der Waals surface area contributed by atoms with Gasteiger partial charge in [-0.2, -0.15) is 0 Å². The Kier molecular flexibility index (Phi) is 2.75. The van der Waals surface area contributed by atoms with Crippen molar-refractivity contribution in [1.29, 1.82) is 0 Å². The van der Waals surface area contributed by atoms with Gasteiger partial charge >= 0.3 is 0 Å². The van der Waals surface area contributed by atoms with Crippen molar-refractivity contribution >= 4 is 11.6 Å². The zero-order valence-corrected chi connectivity index (χ0v) is 9.24. The number of rotatable bonds is 2. The summed E-state index contributed by atoms with van der Waals surface area (Å²) in [5.74, 6) is 1.36. The van der Waals surface area contributed by atoms with Gasteiger partial charge in [0.25, 0.3) is 0 Å². The molecule has 1 nitrogen and oxygen atoms in total. The normalized spacial score (nSPS) is 32.2. The van der Waals surface area contributed by atoms with E-state index >= 15 is 0 Å². The van der Waals surface area contributed by atoms with Gasteiger partial charge in [0.05, 0.1) is 11.2 Å². The predicted molar refractivity (Wildman–Crippen MR) is 52.7 cm³/mol. The minimum absolute atomic E-state index is 0.0123. The Bertz CT molecular complexity index is 163. The van der Waals surface area contributed by atoms with Crippen LogP contribution in [0.3, 0.4) is 0 Å². The monoisotopic (exact) mass is 190 g/mol. The highest BCUT2D eigenvalue weighted by Crippen LogP contribution is 2.43. The van der Waals surface area contributed by atoms with Crippen LogP contribution in [-0.2, 0) is 4.74 Å². The second-order valence-electron chi connectivity index (χ2n) is 4.84. The Hall–Kier alpha value is 0.250. The molecule has 12 heavy (non-hydrogen) atoms. The van der Waals surface area contributed by atoms with Crippen molar-refractivity contribution in [3.8, 4) is 0 Å². The van der Waals surface area contributed by atoms with E-state index in [9.17, 15) is 0 Å². The Morgan fingerprint density at radius 1 is 1.33 bits per heavy atom. The van der Waals surface area contributed by atoms with Crippen molar-refractivity contribution in [1.82, 2.24) is 0 Å². The van der Waals surface area contributed by atoms with Gasteiger partial charge in [0, 0.05) is 5.88 Å². The van der Waals surface area contributed by atoms with E-state index in [4.69, 9.17) is 16.3 Å². The second kappa shape index (κ2) is 3.19. The van der Waals surface area contributed by atoms with Gasteiger partial charge in [-0.05, 0) is 46.5 Å². The number of halogens is 1. The molecule has 1 heterocycles. The van der Waals surface area contributed by atoms with Crippen molar-refractivity contribution in [2.45, 2.75) is 51.7 Å². The number of hydrogen-bond acceptors (Lipinski definition) is 1. The molecular weight excluding hydrogens is 172 g/mol.